The Morgan fingerprint density at radius 2 is 1.84 bits per heavy atom. The molecular weight excluding hydrogens is 410 g/mol. The van der Waals surface area contributed by atoms with Crippen molar-refractivity contribution in [3.63, 3.8) is 0 Å². The van der Waals surface area contributed by atoms with E-state index >= 15 is 0 Å². The fraction of sp³-hybridized carbons (Fsp3) is 0.130. The molecule has 1 aliphatic rings. The highest BCUT2D eigenvalue weighted by atomic mass is 16.5. The Balaban J connectivity index is 1.56. The van der Waals surface area contributed by atoms with Crippen LogP contribution < -0.4 is 15.4 Å². The first kappa shape index (κ1) is 19.6. The van der Waals surface area contributed by atoms with Crippen molar-refractivity contribution in [2.24, 2.45) is 0 Å². The molecule has 3 N–H and O–H groups in total. The van der Waals surface area contributed by atoms with Gasteiger partial charge < -0.3 is 19.7 Å². The first-order valence-electron chi connectivity index (χ1n) is 9.87. The topological polar surface area (TPSA) is 118 Å². The Bertz CT molecular complexity index is 1330. The molecule has 0 bridgehead atoms. The van der Waals surface area contributed by atoms with Gasteiger partial charge in [-0.25, -0.2) is 14.8 Å². The lowest BCUT2D eigenvalue weighted by Crippen LogP contribution is -2.47. The van der Waals surface area contributed by atoms with E-state index < -0.39 is 17.5 Å². The maximum absolute atomic E-state index is 13.0. The number of imide groups is 1. The molecule has 5 rings (SSSR count). The predicted molar refractivity (Wildman–Crippen MR) is 116 cm³/mol. The third kappa shape index (κ3) is 3.11. The largest absolute Gasteiger partial charge is 0.497 e. The molecule has 1 saturated heterocycles. The Labute approximate surface area is 182 Å². The van der Waals surface area contributed by atoms with E-state index in [0.717, 1.165) is 10.9 Å². The van der Waals surface area contributed by atoms with E-state index in [1.165, 1.54) is 0 Å². The first-order chi connectivity index (χ1) is 15.5. The molecule has 1 aliphatic heterocycles. The van der Waals surface area contributed by atoms with E-state index in [1.807, 2.05) is 6.07 Å². The lowest BCUT2D eigenvalue weighted by Gasteiger charge is -2.27. The average Bonchev–Trinajstić information content (AvgIpc) is 3.29. The number of urea groups is 1. The number of aromatic hydroxyl groups is 1. The normalized spacial score (nSPS) is 17.9. The monoisotopic (exact) mass is 429 g/mol. The molecule has 3 amide bonds. The van der Waals surface area contributed by atoms with Crippen molar-refractivity contribution in [1.82, 2.24) is 25.2 Å². The molecule has 160 valence electrons. The molecular formula is C23H19N5O4. The summed E-state index contributed by atoms with van der Waals surface area (Å²) in [4.78, 5) is 33.5. The lowest BCUT2D eigenvalue weighted by atomic mass is 9.89. The smallest absolute Gasteiger partial charge is 0.322 e. The molecule has 0 spiro atoms. The van der Waals surface area contributed by atoms with Crippen LogP contribution >= 0.6 is 0 Å². The van der Waals surface area contributed by atoms with E-state index in [1.54, 1.807) is 72.7 Å². The summed E-state index contributed by atoms with van der Waals surface area (Å²) in [6, 6.07) is 13.5. The quantitative estimate of drug-likeness (QED) is 0.420. The Morgan fingerprint density at radius 3 is 2.50 bits per heavy atom. The molecule has 0 unspecified atom stereocenters. The van der Waals surface area contributed by atoms with Crippen LogP contribution in [-0.2, 0) is 16.9 Å². The molecule has 9 heteroatoms. The first-order valence-corrected chi connectivity index (χ1v) is 9.87. The maximum atomic E-state index is 13.0. The number of aromatic nitrogens is 3. The van der Waals surface area contributed by atoms with Crippen LogP contribution in [0.15, 0.2) is 67.1 Å². The molecule has 1 fully saturated rings. The van der Waals surface area contributed by atoms with Crippen LogP contribution in [0, 0.1) is 0 Å². The summed E-state index contributed by atoms with van der Waals surface area (Å²) < 4.78 is 6.78. The maximum Gasteiger partial charge on any atom is 0.322 e. The number of nitrogens with zero attached hydrogens (tertiary/aromatic N) is 3. The molecule has 1 atom stereocenters. The van der Waals surface area contributed by atoms with Gasteiger partial charge in [0.15, 0.2) is 17.2 Å². The Morgan fingerprint density at radius 1 is 1.09 bits per heavy atom. The number of fused-ring (bicyclic) bond motifs is 1. The second-order valence-electron chi connectivity index (χ2n) is 7.50. The second-order valence-corrected chi connectivity index (χ2v) is 7.50. The fourth-order valence-corrected chi connectivity index (χ4v) is 3.98. The highest BCUT2D eigenvalue weighted by Crippen LogP contribution is 2.35. The van der Waals surface area contributed by atoms with Crippen molar-refractivity contribution in [3.8, 4) is 23.0 Å². The van der Waals surface area contributed by atoms with Gasteiger partial charge >= 0.3 is 6.03 Å². The van der Waals surface area contributed by atoms with E-state index in [2.05, 4.69) is 20.6 Å². The summed E-state index contributed by atoms with van der Waals surface area (Å²) in [6.07, 6.45) is 5.03. The zero-order valence-electron chi connectivity index (χ0n) is 17.1. The number of ether oxygens (including phenoxy) is 1. The number of amides is 3. The predicted octanol–water partition coefficient (Wildman–Crippen LogP) is 2.55. The summed E-state index contributed by atoms with van der Waals surface area (Å²) in [5.74, 6) is 0.629. The Hall–Kier alpha value is -4.40. The van der Waals surface area contributed by atoms with Gasteiger partial charge in [0, 0.05) is 34.9 Å². The lowest BCUT2D eigenvalue weighted by molar-refractivity contribution is -0.124. The van der Waals surface area contributed by atoms with Crippen molar-refractivity contribution in [3.05, 3.63) is 72.7 Å². The van der Waals surface area contributed by atoms with E-state index in [4.69, 9.17) is 4.74 Å². The van der Waals surface area contributed by atoms with E-state index in [0.29, 0.717) is 22.5 Å². The molecule has 0 radical (unpaired) electrons. The van der Waals surface area contributed by atoms with Gasteiger partial charge in [0.2, 0.25) is 0 Å². The third-order valence-corrected chi connectivity index (χ3v) is 5.62. The molecule has 32 heavy (non-hydrogen) atoms. The van der Waals surface area contributed by atoms with Crippen molar-refractivity contribution >= 4 is 22.7 Å². The SMILES string of the molecule is COc1ccc2cn(C[C@@]3(c4ccc(-c5ncccn5)cc4)NC(=O)NC3=O)c(O)c2c1. The molecule has 2 aromatic heterocycles. The zero-order chi connectivity index (χ0) is 22.3. The third-order valence-electron chi connectivity index (χ3n) is 5.62. The highest BCUT2D eigenvalue weighted by molar-refractivity contribution is 6.07. The minimum Gasteiger partial charge on any atom is -0.497 e. The van der Waals surface area contributed by atoms with Gasteiger partial charge in [0.1, 0.15) is 5.75 Å². The van der Waals surface area contributed by atoms with Crippen LogP contribution in [0.2, 0.25) is 0 Å². The summed E-state index contributed by atoms with van der Waals surface area (Å²) in [5, 5.41) is 17.2. The molecule has 3 heterocycles. The highest BCUT2D eigenvalue weighted by Gasteiger charge is 2.48. The molecule has 4 aromatic rings. The van der Waals surface area contributed by atoms with Gasteiger partial charge in [0.25, 0.3) is 5.91 Å². The summed E-state index contributed by atoms with van der Waals surface area (Å²) in [6.45, 7) is -0.00537. The van der Waals surface area contributed by atoms with Crippen molar-refractivity contribution in [1.29, 1.82) is 0 Å². The number of nitrogens with one attached hydrogen (secondary N) is 2. The average molecular weight is 429 g/mol. The Kier molecular flexibility index (Phi) is 4.51. The summed E-state index contributed by atoms with van der Waals surface area (Å²) in [7, 11) is 1.55. The number of benzene rings is 2. The number of rotatable bonds is 5. The van der Waals surface area contributed by atoms with Gasteiger partial charge in [-0.15, -0.1) is 0 Å². The van der Waals surface area contributed by atoms with Crippen LogP contribution in [0.5, 0.6) is 11.6 Å². The van der Waals surface area contributed by atoms with Crippen LogP contribution in [0.3, 0.4) is 0 Å². The van der Waals surface area contributed by atoms with Crippen LogP contribution in [0.4, 0.5) is 4.79 Å². The molecule has 9 nitrogen and oxygen atoms in total. The standard InChI is InChI=1S/C23H19N5O4/c1-32-17-8-5-15-12-28(20(29)18(15)11-17)13-23(21(30)26-22(31)27-23)16-6-3-14(4-7-16)19-24-9-2-10-25-19/h2-12,29H,13H2,1H3,(H2,26,27,30,31)/t23-/m0/s1. The molecule has 2 aromatic carbocycles. The van der Waals surface area contributed by atoms with Crippen LogP contribution in [-0.4, -0.2) is 38.7 Å². The molecule has 0 saturated carbocycles. The van der Waals surface area contributed by atoms with Gasteiger partial charge in [-0.05, 0) is 29.8 Å². The number of carbonyl (C=O) groups excluding carboxylic acids is 2. The van der Waals surface area contributed by atoms with Gasteiger partial charge in [-0.3, -0.25) is 10.1 Å². The number of carbonyl (C=O) groups is 2. The van der Waals surface area contributed by atoms with E-state index in [-0.39, 0.29) is 12.4 Å². The molecule has 0 aliphatic carbocycles. The second kappa shape index (κ2) is 7.38. The minimum atomic E-state index is -1.40. The summed E-state index contributed by atoms with van der Waals surface area (Å²) in [5.41, 5.74) is -0.0600. The van der Waals surface area contributed by atoms with Crippen LogP contribution in [0.1, 0.15) is 5.56 Å². The summed E-state index contributed by atoms with van der Waals surface area (Å²) >= 11 is 0. The van der Waals surface area contributed by atoms with Crippen molar-refractivity contribution in [2.45, 2.75) is 12.1 Å². The van der Waals surface area contributed by atoms with Gasteiger partial charge in [-0.1, -0.05) is 24.3 Å². The van der Waals surface area contributed by atoms with Gasteiger partial charge in [-0.2, -0.15) is 0 Å². The number of methoxy groups -OCH3 is 1. The number of hydrogen-bond acceptors (Lipinski definition) is 6. The fourth-order valence-electron chi connectivity index (χ4n) is 3.98. The zero-order valence-corrected chi connectivity index (χ0v) is 17.1. The van der Waals surface area contributed by atoms with Gasteiger partial charge in [0.05, 0.1) is 13.7 Å². The van der Waals surface area contributed by atoms with Crippen LogP contribution in [0.25, 0.3) is 22.2 Å². The van der Waals surface area contributed by atoms with Crippen molar-refractivity contribution in [2.75, 3.05) is 7.11 Å². The number of hydrogen-bond donors (Lipinski definition) is 3. The van der Waals surface area contributed by atoms with E-state index in [9.17, 15) is 14.7 Å². The van der Waals surface area contributed by atoms with Crippen molar-refractivity contribution < 1.29 is 19.4 Å². The minimum absolute atomic E-state index is 0.00537.